The normalized spacial score (nSPS) is 11.6. The van der Waals surface area contributed by atoms with E-state index >= 15 is 0 Å². The smallest absolute Gasteiger partial charge is 0.249 e. The minimum absolute atomic E-state index is 0.153. The van der Waals surface area contributed by atoms with Crippen LogP contribution in [0.1, 0.15) is 16.7 Å². The van der Waals surface area contributed by atoms with Crippen LogP contribution in [-0.4, -0.2) is 27.6 Å². The highest BCUT2D eigenvalue weighted by Crippen LogP contribution is 2.19. The molecule has 3 aromatic heterocycles. The molecule has 4 rings (SSSR count). The van der Waals surface area contributed by atoms with Crippen molar-refractivity contribution in [3.8, 4) is 17.6 Å². The molecule has 0 radical (unpaired) electrons. The third-order valence-corrected chi connectivity index (χ3v) is 4.46. The molecule has 0 aliphatic rings. The summed E-state index contributed by atoms with van der Waals surface area (Å²) >= 11 is 0. The van der Waals surface area contributed by atoms with Crippen LogP contribution in [0, 0.1) is 11.8 Å². The van der Waals surface area contributed by atoms with Gasteiger partial charge in [-0.3, -0.25) is 9.78 Å². The van der Waals surface area contributed by atoms with Gasteiger partial charge in [-0.05, 0) is 30.2 Å². The topological polar surface area (TPSA) is 96.8 Å². The molecule has 4 N–H and O–H groups in total. The number of benzene rings is 1. The number of hydrogen-bond acceptors (Lipinski definition) is 4. The quantitative estimate of drug-likeness (QED) is 0.461. The minimum Gasteiger partial charge on any atom is -0.490 e. The van der Waals surface area contributed by atoms with E-state index in [1.54, 1.807) is 24.7 Å². The zero-order valence-corrected chi connectivity index (χ0v) is 15.7. The number of hydrogen-bond donors (Lipinski definition) is 3. The molecule has 4 aromatic rings. The van der Waals surface area contributed by atoms with Crippen molar-refractivity contribution in [1.29, 1.82) is 0 Å². The first kappa shape index (κ1) is 18.5. The molecule has 0 saturated heterocycles. The largest absolute Gasteiger partial charge is 0.490 e. The molecule has 1 atom stereocenters. The number of aromatic amines is 2. The Balaban J connectivity index is 1.39. The zero-order chi connectivity index (χ0) is 20.1. The van der Waals surface area contributed by atoms with Crippen molar-refractivity contribution in [2.45, 2.75) is 12.5 Å². The van der Waals surface area contributed by atoms with Crippen molar-refractivity contribution in [2.24, 2.45) is 5.73 Å². The van der Waals surface area contributed by atoms with Gasteiger partial charge in [0.05, 0.1) is 6.20 Å². The molecule has 0 bridgehead atoms. The molecular formula is C23H20N4O2. The average Bonchev–Trinajstić information content (AvgIpc) is 3.14. The predicted octanol–water partition coefficient (Wildman–Crippen LogP) is 2.60. The third-order valence-electron chi connectivity index (χ3n) is 4.46. The Hall–Kier alpha value is -3.82. The highest BCUT2D eigenvalue weighted by Gasteiger charge is 2.10. The highest BCUT2D eigenvalue weighted by molar-refractivity contribution is 5.83. The van der Waals surface area contributed by atoms with E-state index in [0.717, 1.165) is 5.52 Å². The lowest BCUT2D eigenvalue weighted by Gasteiger charge is -2.13. The van der Waals surface area contributed by atoms with Crippen LogP contribution in [0.4, 0.5) is 0 Å². The SMILES string of the molecule is NC(COc1cncc(C#Cc2cc[nH]c(=O)c2)c1)Cc1c[nH]c2ccccc12. The summed E-state index contributed by atoms with van der Waals surface area (Å²) in [4.78, 5) is 21.3. The Labute approximate surface area is 167 Å². The lowest BCUT2D eigenvalue weighted by molar-refractivity contribution is 0.287. The summed E-state index contributed by atoms with van der Waals surface area (Å²) in [5, 5.41) is 1.18. The lowest BCUT2D eigenvalue weighted by atomic mass is 10.1. The standard InChI is InChI=1S/C23H20N4O2/c24-19(11-18-13-27-22-4-2-1-3-21(18)22)15-29-20-9-17(12-25-14-20)6-5-16-7-8-26-23(28)10-16/h1-4,7-10,12-14,19,27H,11,15,24H2,(H,26,28). The molecule has 144 valence electrons. The maximum Gasteiger partial charge on any atom is 0.249 e. The fourth-order valence-corrected chi connectivity index (χ4v) is 3.08. The summed E-state index contributed by atoms with van der Waals surface area (Å²) in [6.45, 7) is 0.367. The van der Waals surface area contributed by atoms with Crippen LogP contribution >= 0.6 is 0 Å². The number of ether oxygens (including phenoxy) is 1. The molecular weight excluding hydrogens is 364 g/mol. The fraction of sp³-hybridized carbons (Fsp3) is 0.130. The summed E-state index contributed by atoms with van der Waals surface area (Å²) in [5.74, 6) is 6.55. The van der Waals surface area contributed by atoms with Gasteiger partial charge in [-0.2, -0.15) is 0 Å². The Morgan fingerprint density at radius 2 is 1.93 bits per heavy atom. The van der Waals surface area contributed by atoms with Crippen LogP contribution in [0.5, 0.6) is 5.75 Å². The Morgan fingerprint density at radius 1 is 1.07 bits per heavy atom. The van der Waals surface area contributed by atoms with Gasteiger partial charge in [0.2, 0.25) is 5.56 Å². The summed E-state index contributed by atoms with van der Waals surface area (Å²) < 4.78 is 5.82. The highest BCUT2D eigenvalue weighted by atomic mass is 16.5. The van der Waals surface area contributed by atoms with Gasteiger partial charge < -0.3 is 20.4 Å². The van der Waals surface area contributed by atoms with Crippen LogP contribution in [0.2, 0.25) is 0 Å². The van der Waals surface area contributed by atoms with E-state index < -0.39 is 0 Å². The molecule has 1 aromatic carbocycles. The summed E-state index contributed by atoms with van der Waals surface area (Å²) in [7, 11) is 0. The van der Waals surface area contributed by atoms with Crippen LogP contribution in [0.25, 0.3) is 10.9 Å². The second-order valence-electron chi connectivity index (χ2n) is 6.74. The molecule has 3 heterocycles. The number of nitrogens with zero attached hydrogens (tertiary/aromatic N) is 1. The Morgan fingerprint density at radius 3 is 2.83 bits per heavy atom. The number of nitrogens with two attached hydrogens (primary N) is 1. The number of pyridine rings is 2. The summed E-state index contributed by atoms with van der Waals surface area (Å²) in [6.07, 6.45) is 7.56. The third kappa shape index (κ3) is 4.72. The van der Waals surface area contributed by atoms with Gasteiger partial charge in [0.15, 0.2) is 0 Å². The van der Waals surface area contributed by atoms with Crippen molar-refractivity contribution >= 4 is 10.9 Å². The molecule has 0 amide bonds. The van der Waals surface area contributed by atoms with Crippen molar-refractivity contribution < 1.29 is 4.74 Å². The van der Waals surface area contributed by atoms with Crippen molar-refractivity contribution in [3.63, 3.8) is 0 Å². The molecule has 6 heteroatoms. The van der Waals surface area contributed by atoms with E-state index in [1.807, 2.05) is 30.5 Å². The average molecular weight is 384 g/mol. The molecule has 1 unspecified atom stereocenters. The number of rotatable bonds is 5. The van der Waals surface area contributed by atoms with Gasteiger partial charge in [0.25, 0.3) is 0 Å². The van der Waals surface area contributed by atoms with Gasteiger partial charge in [0, 0.05) is 52.7 Å². The zero-order valence-electron chi connectivity index (χ0n) is 15.7. The maximum absolute atomic E-state index is 11.3. The first-order chi connectivity index (χ1) is 14.2. The lowest BCUT2D eigenvalue weighted by Crippen LogP contribution is -2.30. The van der Waals surface area contributed by atoms with Crippen molar-refractivity contribution in [1.82, 2.24) is 15.0 Å². The van der Waals surface area contributed by atoms with E-state index in [0.29, 0.717) is 29.9 Å². The Kier molecular flexibility index (Phi) is 5.41. The van der Waals surface area contributed by atoms with E-state index in [1.165, 1.54) is 17.0 Å². The number of H-pyrrole nitrogens is 2. The van der Waals surface area contributed by atoms with Crippen LogP contribution in [-0.2, 0) is 6.42 Å². The summed E-state index contributed by atoms with van der Waals surface area (Å²) in [5.41, 5.74) is 9.70. The van der Waals surface area contributed by atoms with Gasteiger partial charge in [-0.15, -0.1) is 0 Å². The van der Waals surface area contributed by atoms with Crippen LogP contribution in [0.3, 0.4) is 0 Å². The van der Waals surface area contributed by atoms with Crippen molar-refractivity contribution in [2.75, 3.05) is 6.61 Å². The molecule has 0 aliphatic carbocycles. The van der Waals surface area contributed by atoms with E-state index in [4.69, 9.17) is 10.5 Å². The monoisotopic (exact) mass is 384 g/mol. The molecule has 0 saturated carbocycles. The summed E-state index contributed by atoms with van der Waals surface area (Å²) in [6, 6.07) is 13.0. The van der Waals surface area contributed by atoms with Crippen LogP contribution < -0.4 is 16.0 Å². The number of fused-ring (bicyclic) bond motifs is 1. The van der Waals surface area contributed by atoms with Gasteiger partial charge in [-0.1, -0.05) is 30.0 Å². The number of aromatic nitrogens is 3. The van der Waals surface area contributed by atoms with Gasteiger partial charge >= 0.3 is 0 Å². The van der Waals surface area contributed by atoms with E-state index in [2.05, 4.69) is 32.9 Å². The predicted molar refractivity (Wildman–Crippen MR) is 113 cm³/mol. The first-order valence-corrected chi connectivity index (χ1v) is 9.26. The molecule has 0 fully saturated rings. The van der Waals surface area contributed by atoms with Crippen LogP contribution in [0.15, 0.2) is 72.0 Å². The van der Waals surface area contributed by atoms with Gasteiger partial charge in [-0.25, -0.2) is 0 Å². The minimum atomic E-state index is -0.184. The fourth-order valence-electron chi connectivity index (χ4n) is 3.08. The molecule has 0 spiro atoms. The molecule has 6 nitrogen and oxygen atoms in total. The molecule has 0 aliphatic heterocycles. The maximum atomic E-state index is 11.3. The van der Waals surface area contributed by atoms with E-state index in [9.17, 15) is 4.79 Å². The number of para-hydroxylation sites is 1. The van der Waals surface area contributed by atoms with E-state index in [-0.39, 0.29) is 11.6 Å². The second-order valence-corrected chi connectivity index (χ2v) is 6.74. The Bertz CT molecular complexity index is 1250. The second kappa shape index (κ2) is 8.46. The number of nitrogens with one attached hydrogen (secondary N) is 2. The molecule has 29 heavy (non-hydrogen) atoms. The first-order valence-electron chi connectivity index (χ1n) is 9.26. The van der Waals surface area contributed by atoms with Crippen molar-refractivity contribution in [3.05, 3.63) is 94.3 Å². The van der Waals surface area contributed by atoms with Gasteiger partial charge in [0.1, 0.15) is 12.4 Å².